The largest absolute Gasteiger partial charge is 0.370 e. The fraction of sp³-hybridized carbons (Fsp3) is 0.622. The zero-order valence-corrected chi connectivity index (χ0v) is 81.6. The molecule has 796 valence electrons. The molecule has 0 aromatic heterocycles. The van der Waals surface area contributed by atoms with Gasteiger partial charge in [0, 0.05) is 88.6 Å². The van der Waals surface area contributed by atoms with Crippen LogP contribution in [0.5, 0.6) is 0 Å². The molecule has 60 heteroatoms. The smallest absolute Gasteiger partial charge is 0.246 e. The van der Waals surface area contributed by atoms with Crippen LogP contribution in [-0.4, -0.2) is 311 Å². The van der Waals surface area contributed by atoms with Crippen LogP contribution in [0.25, 0.3) is 0 Å². The van der Waals surface area contributed by atoms with Crippen molar-refractivity contribution in [3.05, 3.63) is 35.4 Å². The number of Topliss-reactive ketones (excluding diaryl/α,β-unsaturated/α-hetero) is 1. The zero-order chi connectivity index (χ0) is 107. The average molecular weight is 2030 g/mol. The summed E-state index contributed by atoms with van der Waals surface area (Å²) < 4.78 is 5.43. The number of nitrogens with one attached hydrogen (secondary N) is 32. The van der Waals surface area contributed by atoms with Crippen LogP contribution in [0.2, 0.25) is 0 Å². The fourth-order valence-corrected chi connectivity index (χ4v) is 13.2. The number of nitrogens with two attached hydrogens (primary N) is 10. The van der Waals surface area contributed by atoms with Crippen LogP contribution in [-0.2, 0) is 83.1 Å². The lowest BCUT2D eigenvalue weighted by atomic mass is 9.95. The number of ketones is 1. The Hall–Kier alpha value is -15.3. The number of carbonyl (C=O) groups is 16. The molecule has 0 aliphatic heterocycles. The molecule has 0 aliphatic rings. The number of hydrogen-bond acceptors (Lipinski definition) is 27. The molecule has 0 aliphatic carbocycles. The van der Waals surface area contributed by atoms with Gasteiger partial charge in [0.2, 0.25) is 88.6 Å². The van der Waals surface area contributed by atoms with Crippen molar-refractivity contribution in [1.82, 2.24) is 122 Å². The molecule has 0 heterocycles. The van der Waals surface area contributed by atoms with Gasteiger partial charge in [-0.1, -0.05) is 45.0 Å². The second-order valence-corrected chi connectivity index (χ2v) is 34.0. The normalized spacial score (nSPS) is 13.3. The molecular formula is C82H150N42O17S. The number of ether oxygens (including phenoxy) is 1. The van der Waals surface area contributed by atoms with Crippen molar-refractivity contribution in [3.63, 3.8) is 0 Å². The molecule has 0 fully saturated rings. The van der Waals surface area contributed by atoms with E-state index in [9.17, 15) is 52.7 Å². The number of rotatable bonds is 71. The SMILES string of the molecule is CC(=O)c1ccc(C[C@H](NC(=O)COCCNC(=O)[C@@H](CS)NC(=O)[C@@H](CCCNC(=N)N)NC(=O)[C@@H](CCCNC(=N)N)NC(=O)[C@@H](CCCNC(=N)N)NC(=O)[C@@H](CCCNC(=N)N)NC(=O)[C@@H](CCCNC(=N)N)NC(=O)[C@@H](CCCNC(=N)N)NC(=O)[C@@H](CCCNC(=N)N)NC(=O)[C@@H](CCCNC(=N)N)NC(=O)[C@@H](CCCNC(=N)N)NC(=O)CNC(=O)[C@H](C)NC(=O)C(C)(C)C)C(N)=O)cc1. The van der Waals surface area contributed by atoms with Gasteiger partial charge in [0.05, 0.1) is 13.2 Å². The molecule has 0 saturated carbocycles. The van der Waals surface area contributed by atoms with Crippen molar-refractivity contribution >= 4 is 161 Å². The van der Waals surface area contributed by atoms with Gasteiger partial charge >= 0.3 is 0 Å². The Morgan fingerprint density at radius 2 is 0.542 bits per heavy atom. The van der Waals surface area contributed by atoms with E-state index in [1.807, 2.05) is 0 Å². The minimum Gasteiger partial charge on any atom is -0.370 e. The standard InChI is InChI=1S/C82H150N42O17S/c1-43(113-72(140)82(3,4)5)61(129)112-40-58(126)114-47(15-6-28-103-73(84)85)63(131)116-48(16-7-29-104-74(86)87)64(132)117-49(17-8-30-105-75(88)89)65(133)118-50(18-9-31-106-76(90)91)66(134)119-51(19-10-32-107-77(92)93)67(135)120-52(20-11-33-108-78(94)95)68(136)121-53(21-12-34-109-79(96)97)69(137)122-54(22-13-35-110-80(98)99)70(138)123-55(23-14-36-111-81(100)101)71(139)124-57(42-142)62(130)102-37-38-141-41-59(127)115-56(60(83)128)39-45-24-26-46(27-25-45)44(2)125/h24-27,43,47-57,142H,6-23,28-42H2,1-5H3,(H2,83,128)(H,102,130)(H,112,129)(H,113,140)(H,114,126)(H,115,127)(H,116,131)(H,117,132)(H,118,133)(H,119,134)(H,120,135)(H,121,136)(H,122,137)(H,123,138)(H,124,139)(H4,84,85,103)(H4,86,87,104)(H4,88,89,105)(H4,90,91,106)(H4,92,93,107)(H4,94,95,108)(H4,96,97,109)(H4,98,99,110)(H4,100,101,111)/t43-,47+,48+,49+,50+,51+,52+,53+,54+,55+,56-,57+/m0/s1. The Morgan fingerprint density at radius 3 is 0.768 bits per heavy atom. The maximum atomic E-state index is 15.2. The summed E-state index contributed by atoms with van der Waals surface area (Å²) in [6.45, 7) is 5.34. The van der Waals surface area contributed by atoms with Crippen LogP contribution in [0.4, 0.5) is 0 Å². The molecule has 12 atom stereocenters. The number of guanidine groups is 9. The van der Waals surface area contributed by atoms with Gasteiger partial charge in [0.1, 0.15) is 79.1 Å². The molecule has 0 bridgehead atoms. The molecule has 15 amide bonds. The topological polar surface area (TPSA) is 1030 Å². The maximum Gasteiger partial charge on any atom is 0.246 e. The van der Waals surface area contributed by atoms with E-state index in [1.165, 1.54) is 13.8 Å². The van der Waals surface area contributed by atoms with Crippen molar-refractivity contribution < 1.29 is 81.4 Å². The number of hydrogen-bond donors (Lipinski definition) is 43. The summed E-state index contributed by atoms with van der Waals surface area (Å²) in [7, 11) is 0. The van der Waals surface area contributed by atoms with Crippen LogP contribution < -0.4 is 180 Å². The van der Waals surface area contributed by atoms with E-state index >= 15 is 24.0 Å². The van der Waals surface area contributed by atoms with Crippen molar-refractivity contribution in [1.29, 1.82) is 48.7 Å². The average Bonchev–Trinajstić information content (AvgIpc) is 0.860. The van der Waals surface area contributed by atoms with Crippen LogP contribution in [0.3, 0.4) is 0 Å². The van der Waals surface area contributed by atoms with Crippen molar-refractivity contribution in [2.75, 3.05) is 91.0 Å². The molecular weight excluding hydrogens is 1880 g/mol. The van der Waals surface area contributed by atoms with Crippen LogP contribution in [0.1, 0.15) is 166 Å². The van der Waals surface area contributed by atoms with Gasteiger partial charge in [-0.2, -0.15) is 12.6 Å². The molecule has 0 saturated heterocycles. The molecule has 59 nitrogen and oxygen atoms in total. The minimum atomic E-state index is -1.69. The monoisotopic (exact) mass is 2030 g/mol. The third-order valence-corrected chi connectivity index (χ3v) is 20.9. The van der Waals surface area contributed by atoms with E-state index in [4.69, 9.17) is 111 Å². The van der Waals surface area contributed by atoms with Gasteiger partial charge in [-0.3, -0.25) is 125 Å². The van der Waals surface area contributed by atoms with Crippen LogP contribution in [0.15, 0.2) is 24.3 Å². The Kier molecular flexibility index (Phi) is 60.3. The second kappa shape index (κ2) is 68.7. The quantitative estimate of drug-likeness (QED) is 0.00947. The van der Waals surface area contributed by atoms with E-state index in [0.29, 0.717) is 11.1 Å². The van der Waals surface area contributed by atoms with Gasteiger partial charge in [0.25, 0.3) is 0 Å². The third-order valence-electron chi connectivity index (χ3n) is 20.5. The molecule has 142 heavy (non-hydrogen) atoms. The molecule has 0 radical (unpaired) electrons. The fourth-order valence-electron chi connectivity index (χ4n) is 13.0. The lowest BCUT2D eigenvalue weighted by Gasteiger charge is -2.29. The van der Waals surface area contributed by atoms with E-state index in [-0.39, 0.29) is 206 Å². The number of amides is 15. The lowest BCUT2D eigenvalue weighted by Crippen LogP contribution is -2.61. The first kappa shape index (κ1) is 125. The number of thiol groups is 1. The van der Waals surface area contributed by atoms with Crippen molar-refractivity contribution in [2.45, 2.75) is 229 Å². The highest BCUT2D eigenvalue weighted by atomic mass is 32.1. The predicted molar refractivity (Wildman–Crippen MR) is 531 cm³/mol. The van der Waals surface area contributed by atoms with E-state index in [2.05, 4.69) is 135 Å². The number of carbonyl (C=O) groups excluding carboxylic acids is 16. The molecule has 0 unspecified atom stereocenters. The van der Waals surface area contributed by atoms with Crippen LogP contribution in [0, 0.1) is 54.1 Å². The maximum absolute atomic E-state index is 15.2. The first-order valence-corrected chi connectivity index (χ1v) is 46.4. The van der Waals surface area contributed by atoms with Gasteiger partial charge < -0.3 is 184 Å². The van der Waals surface area contributed by atoms with Gasteiger partial charge in [-0.05, 0) is 135 Å². The Morgan fingerprint density at radius 1 is 0.303 bits per heavy atom. The molecule has 0 spiro atoms. The summed E-state index contributed by atoms with van der Waals surface area (Å²) in [5.41, 5.74) is 55.9. The molecule has 1 aromatic rings. The molecule has 52 N–H and O–H groups in total. The molecule has 1 rings (SSSR count). The Bertz CT molecular complexity index is 4430. The van der Waals surface area contributed by atoms with Crippen molar-refractivity contribution in [2.24, 2.45) is 62.8 Å². The zero-order valence-electron chi connectivity index (χ0n) is 80.7. The highest BCUT2D eigenvalue weighted by Gasteiger charge is 2.38. The highest BCUT2D eigenvalue weighted by Crippen LogP contribution is 2.16. The summed E-state index contributed by atoms with van der Waals surface area (Å²) in [6.07, 6.45) is -2.63. The van der Waals surface area contributed by atoms with Gasteiger partial charge in [-0.25, -0.2) is 0 Å². The Labute approximate surface area is 827 Å². The van der Waals surface area contributed by atoms with E-state index in [0.717, 1.165) is 0 Å². The van der Waals surface area contributed by atoms with Crippen molar-refractivity contribution in [3.8, 4) is 0 Å². The van der Waals surface area contributed by atoms with Crippen LogP contribution >= 0.6 is 12.6 Å². The molecule has 1 aromatic carbocycles. The van der Waals surface area contributed by atoms with Gasteiger partial charge in [-0.15, -0.1) is 0 Å². The third kappa shape index (κ3) is 57.1. The second-order valence-electron chi connectivity index (χ2n) is 33.7. The summed E-state index contributed by atoms with van der Waals surface area (Å²) in [4.78, 5) is 224. The number of benzene rings is 1. The number of primary amides is 1. The summed E-state index contributed by atoms with van der Waals surface area (Å²) in [6, 6.07) is -11.9. The van der Waals surface area contributed by atoms with Gasteiger partial charge in [0.15, 0.2) is 59.4 Å². The Balaban J connectivity index is 4.06. The predicted octanol–water partition coefficient (Wildman–Crippen LogP) is -12.7. The first-order valence-electron chi connectivity index (χ1n) is 45.8. The lowest BCUT2D eigenvalue weighted by molar-refractivity contribution is -0.136. The summed E-state index contributed by atoms with van der Waals surface area (Å²) >= 11 is 4.28. The van der Waals surface area contributed by atoms with E-state index < -0.39 is 233 Å². The summed E-state index contributed by atoms with van der Waals surface area (Å²) in [5.74, 6) is -18.5. The minimum absolute atomic E-state index is 0.00345. The first-order chi connectivity index (χ1) is 66.8. The summed E-state index contributed by atoms with van der Waals surface area (Å²) in [5, 5.41) is 129. The highest BCUT2D eigenvalue weighted by molar-refractivity contribution is 7.80. The van der Waals surface area contributed by atoms with E-state index in [1.54, 1.807) is 45.0 Å².